The van der Waals surface area contributed by atoms with E-state index in [1.54, 1.807) is 61.7 Å². The number of allylic oxidation sites excluding steroid dienone is 2. The van der Waals surface area contributed by atoms with Gasteiger partial charge in [0.1, 0.15) is 5.92 Å². The van der Waals surface area contributed by atoms with Gasteiger partial charge in [-0.3, -0.25) is 14.4 Å². The van der Waals surface area contributed by atoms with E-state index in [9.17, 15) is 14.4 Å². The van der Waals surface area contributed by atoms with Crippen molar-refractivity contribution in [3.63, 3.8) is 0 Å². The van der Waals surface area contributed by atoms with Gasteiger partial charge in [-0.1, -0.05) is 66.7 Å². The average Bonchev–Trinajstić information content (AvgIpc) is 2.92. The number of benzene rings is 3. The molecule has 1 N–H and O–H groups in total. The lowest BCUT2D eigenvalue weighted by molar-refractivity contribution is -0.129. The van der Waals surface area contributed by atoms with Crippen molar-refractivity contribution in [2.75, 3.05) is 14.2 Å². The van der Waals surface area contributed by atoms with Crippen molar-refractivity contribution in [1.29, 1.82) is 0 Å². The Labute approximate surface area is 224 Å². The third kappa shape index (κ3) is 7.29. The fourth-order valence-corrected chi connectivity index (χ4v) is 4.10. The van der Waals surface area contributed by atoms with Gasteiger partial charge in [0.25, 0.3) is 0 Å². The Balaban J connectivity index is 2.00. The predicted molar refractivity (Wildman–Crippen MR) is 150 cm³/mol. The molecule has 2 unspecified atom stereocenters. The second kappa shape index (κ2) is 13.2. The normalized spacial score (nSPS) is 12.8. The highest BCUT2D eigenvalue weighted by Gasteiger charge is 2.34. The molecule has 6 heteroatoms. The summed E-state index contributed by atoms with van der Waals surface area (Å²) >= 11 is 0. The topological polar surface area (TPSA) is 81.7 Å². The van der Waals surface area contributed by atoms with Crippen molar-refractivity contribution in [3.8, 4) is 11.5 Å². The van der Waals surface area contributed by atoms with Crippen LogP contribution < -0.4 is 14.8 Å². The van der Waals surface area contributed by atoms with E-state index in [2.05, 4.69) is 5.32 Å². The molecule has 0 aliphatic rings. The minimum absolute atomic E-state index is 0.341. The summed E-state index contributed by atoms with van der Waals surface area (Å²) in [6.45, 7) is 5.39. The van der Waals surface area contributed by atoms with Crippen LogP contribution in [-0.2, 0) is 14.4 Å². The molecule has 0 aliphatic carbocycles. The number of hydrogen-bond acceptors (Lipinski definition) is 5. The SMILES string of the molecule is COc1ccc(/C=C/C(=O)C(C(=O)/C=C/c2ccc(C)c(C)c2)C(NC(C)=O)c2ccccc2)cc1OC. The van der Waals surface area contributed by atoms with Crippen LogP contribution in [0.2, 0.25) is 0 Å². The Morgan fingerprint density at radius 2 is 1.32 bits per heavy atom. The van der Waals surface area contributed by atoms with Crippen LogP contribution in [0.4, 0.5) is 0 Å². The summed E-state index contributed by atoms with van der Waals surface area (Å²) in [5, 5.41) is 2.82. The molecule has 0 spiro atoms. The zero-order valence-electron chi connectivity index (χ0n) is 22.4. The Kier molecular flexibility index (Phi) is 9.77. The lowest BCUT2D eigenvalue weighted by Crippen LogP contribution is -2.39. The standard InChI is InChI=1S/C32H33NO5/c1-21-11-12-24(19-22(21)2)13-16-27(35)31(32(33-23(3)34)26-9-7-6-8-10-26)28(36)17-14-25-15-18-29(37-4)30(20-25)38-5/h6-20,31-32H,1-5H3,(H,33,34)/b16-13+,17-14+. The molecular weight excluding hydrogens is 478 g/mol. The number of carbonyl (C=O) groups is 3. The number of nitrogens with one attached hydrogen (secondary N) is 1. The Morgan fingerprint density at radius 3 is 1.87 bits per heavy atom. The van der Waals surface area contributed by atoms with Gasteiger partial charge in [-0.15, -0.1) is 0 Å². The molecule has 0 radical (unpaired) electrons. The van der Waals surface area contributed by atoms with Crippen molar-refractivity contribution in [3.05, 3.63) is 107 Å². The molecule has 0 aromatic heterocycles. The molecule has 0 saturated carbocycles. The molecule has 3 aromatic rings. The van der Waals surface area contributed by atoms with Crippen LogP contribution >= 0.6 is 0 Å². The molecule has 1 amide bonds. The number of aryl methyl sites for hydroxylation is 2. The van der Waals surface area contributed by atoms with E-state index in [0.717, 1.165) is 16.7 Å². The Hall–Kier alpha value is -4.45. The van der Waals surface area contributed by atoms with Gasteiger partial charge in [0.2, 0.25) is 5.91 Å². The monoisotopic (exact) mass is 511 g/mol. The van der Waals surface area contributed by atoms with E-state index >= 15 is 0 Å². The van der Waals surface area contributed by atoms with Gasteiger partial charge in [0, 0.05) is 6.92 Å². The van der Waals surface area contributed by atoms with Gasteiger partial charge in [-0.25, -0.2) is 0 Å². The van der Waals surface area contributed by atoms with Crippen molar-refractivity contribution >= 4 is 29.6 Å². The summed E-state index contributed by atoms with van der Waals surface area (Å²) in [5.41, 5.74) is 4.46. The van der Waals surface area contributed by atoms with Crippen molar-refractivity contribution in [2.45, 2.75) is 26.8 Å². The highest BCUT2D eigenvalue weighted by atomic mass is 16.5. The fraction of sp³-hybridized carbons (Fsp3) is 0.219. The largest absolute Gasteiger partial charge is 0.493 e. The highest BCUT2D eigenvalue weighted by molar-refractivity contribution is 6.14. The first-order chi connectivity index (χ1) is 18.2. The Bertz CT molecular complexity index is 1360. The molecule has 6 nitrogen and oxygen atoms in total. The summed E-state index contributed by atoms with van der Waals surface area (Å²) in [6, 6.07) is 19.3. The fourth-order valence-electron chi connectivity index (χ4n) is 4.10. The maximum atomic E-state index is 13.6. The summed E-state index contributed by atoms with van der Waals surface area (Å²) in [4.78, 5) is 39.3. The van der Waals surface area contributed by atoms with E-state index in [1.165, 1.54) is 26.2 Å². The number of hydrogen-bond donors (Lipinski definition) is 1. The van der Waals surface area contributed by atoms with Crippen molar-refractivity contribution in [2.24, 2.45) is 5.92 Å². The number of rotatable bonds is 11. The number of methoxy groups -OCH3 is 2. The second-order valence-corrected chi connectivity index (χ2v) is 9.00. The number of amides is 1. The maximum Gasteiger partial charge on any atom is 0.217 e. The smallest absolute Gasteiger partial charge is 0.217 e. The number of carbonyl (C=O) groups excluding carboxylic acids is 3. The van der Waals surface area contributed by atoms with E-state index < -0.39 is 23.5 Å². The van der Waals surface area contributed by atoms with Crippen LogP contribution in [0.15, 0.2) is 78.9 Å². The molecule has 38 heavy (non-hydrogen) atoms. The first-order valence-corrected chi connectivity index (χ1v) is 12.3. The molecule has 2 atom stereocenters. The van der Waals surface area contributed by atoms with Crippen LogP contribution in [0.5, 0.6) is 11.5 Å². The van der Waals surface area contributed by atoms with Gasteiger partial charge in [0.05, 0.1) is 20.3 Å². The van der Waals surface area contributed by atoms with Crippen LogP contribution in [0, 0.1) is 19.8 Å². The second-order valence-electron chi connectivity index (χ2n) is 9.00. The summed E-state index contributed by atoms with van der Waals surface area (Å²) in [7, 11) is 3.08. The quantitative estimate of drug-likeness (QED) is 0.265. The zero-order valence-corrected chi connectivity index (χ0v) is 22.4. The molecule has 3 aromatic carbocycles. The minimum atomic E-state index is -1.17. The van der Waals surface area contributed by atoms with Gasteiger partial charge in [-0.05, 0) is 65.9 Å². The summed E-state index contributed by atoms with van der Waals surface area (Å²) in [5.74, 6) is -1.27. The maximum absolute atomic E-state index is 13.6. The summed E-state index contributed by atoms with van der Waals surface area (Å²) < 4.78 is 10.6. The predicted octanol–water partition coefficient (Wildman–Crippen LogP) is 5.68. The van der Waals surface area contributed by atoms with Crippen LogP contribution in [0.1, 0.15) is 40.8 Å². The number of ketones is 2. The lowest BCUT2D eigenvalue weighted by Gasteiger charge is -2.25. The van der Waals surface area contributed by atoms with E-state index in [0.29, 0.717) is 22.6 Å². The van der Waals surface area contributed by atoms with E-state index in [4.69, 9.17) is 9.47 Å². The van der Waals surface area contributed by atoms with Gasteiger partial charge < -0.3 is 14.8 Å². The molecule has 0 fully saturated rings. The van der Waals surface area contributed by atoms with Crippen LogP contribution in [0.25, 0.3) is 12.2 Å². The first-order valence-electron chi connectivity index (χ1n) is 12.3. The number of ether oxygens (including phenoxy) is 2. The zero-order chi connectivity index (χ0) is 27.7. The molecule has 196 valence electrons. The van der Waals surface area contributed by atoms with Crippen molar-refractivity contribution in [1.82, 2.24) is 5.32 Å². The molecule has 0 aliphatic heterocycles. The van der Waals surface area contributed by atoms with Crippen LogP contribution in [0.3, 0.4) is 0 Å². The molecule has 0 bridgehead atoms. The van der Waals surface area contributed by atoms with Gasteiger partial charge in [-0.2, -0.15) is 0 Å². The highest BCUT2D eigenvalue weighted by Crippen LogP contribution is 2.29. The van der Waals surface area contributed by atoms with Gasteiger partial charge >= 0.3 is 0 Å². The third-order valence-electron chi connectivity index (χ3n) is 6.28. The molecule has 3 rings (SSSR count). The minimum Gasteiger partial charge on any atom is -0.493 e. The molecule has 0 heterocycles. The summed E-state index contributed by atoms with van der Waals surface area (Å²) in [6.07, 6.45) is 6.09. The lowest BCUT2D eigenvalue weighted by atomic mass is 9.85. The third-order valence-corrected chi connectivity index (χ3v) is 6.28. The molecular formula is C32H33NO5. The van der Waals surface area contributed by atoms with E-state index in [1.807, 2.05) is 38.1 Å². The Morgan fingerprint density at radius 1 is 0.737 bits per heavy atom. The average molecular weight is 512 g/mol. The van der Waals surface area contributed by atoms with E-state index in [-0.39, 0.29) is 5.91 Å². The van der Waals surface area contributed by atoms with Crippen LogP contribution in [-0.4, -0.2) is 31.7 Å². The van der Waals surface area contributed by atoms with Crippen molar-refractivity contribution < 1.29 is 23.9 Å². The first kappa shape index (κ1) is 28.1. The molecule has 0 saturated heterocycles. The van der Waals surface area contributed by atoms with Gasteiger partial charge in [0.15, 0.2) is 23.1 Å².